The number of hydrogen-bond donors (Lipinski definition) is 2. The van der Waals surface area contributed by atoms with Gasteiger partial charge in [-0.25, -0.2) is 14.3 Å². The first-order valence-corrected chi connectivity index (χ1v) is 12.8. The van der Waals surface area contributed by atoms with Gasteiger partial charge >= 0.3 is 12.0 Å². The number of methoxy groups -OCH3 is 1. The first-order chi connectivity index (χ1) is 18.5. The molecule has 0 radical (unpaired) electrons. The van der Waals surface area contributed by atoms with Crippen molar-refractivity contribution in [2.45, 2.75) is 40.0 Å². The summed E-state index contributed by atoms with van der Waals surface area (Å²) in [6, 6.07) is 15.5. The Hall–Kier alpha value is -4.18. The first kappa shape index (κ1) is 29.4. The third-order valence-corrected chi connectivity index (χ3v) is 5.92. The summed E-state index contributed by atoms with van der Waals surface area (Å²) >= 11 is 0. The Morgan fingerprint density at radius 3 is 2.33 bits per heavy atom. The van der Waals surface area contributed by atoms with E-state index in [1.807, 2.05) is 37.3 Å². The van der Waals surface area contributed by atoms with Gasteiger partial charge in [-0.15, -0.1) is 0 Å². The SMILES string of the molecule is CCOC(=O)c1ccc(NC(=O)N(CCOC)CC(=O)Nc2cc(C(C)(C)C)nn2-c2ccccc2C)cc1. The number of esters is 1. The van der Waals surface area contributed by atoms with Crippen molar-refractivity contribution < 1.29 is 23.9 Å². The quantitative estimate of drug-likeness (QED) is 0.361. The topological polar surface area (TPSA) is 115 Å². The van der Waals surface area contributed by atoms with Crippen molar-refractivity contribution in [2.24, 2.45) is 0 Å². The highest BCUT2D eigenvalue weighted by molar-refractivity contribution is 5.97. The molecule has 3 aromatic rings. The van der Waals surface area contributed by atoms with Crippen LogP contribution in [0.1, 0.15) is 49.3 Å². The van der Waals surface area contributed by atoms with Gasteiger partial charge in [0, 0.05) is 30.8 Å². The fraction of sp³-hybridized carbons (Fsp3) is 0.379. The zero-order valence-corrected chi connectivity index (χ0v) is 23.4. The Kier molecular flexibility index (Phi) is 9.84. The molecule has 0 fully saturated rings. The Balaban J connectivity index is 1.77. The molecule has 0 atom stereocenters. The number of nitrogens with one attached hydrogen (secondary N) is 2. The van der Waals surface area contributed by atoms with Gasteiger partial charge in [-0.1, -0.05) is 39.0 Å². The van der Waals surface area contributed by atoms with Crippen LogP contribution < -0.4 is 10.6 Å². The van der Waals surface area contributed by atoms with E-state index in [0.717, 1.165) is 16.9 Å². The number of para-hydroxylation sites is 1. The van der Waals surface area contributed by atoms with E-state index in [4.69, 9.17) is 14.6 Å². The van der Waals surface area contributed by atoms with Crippen LogP contribution in [-0.2, 0) is 19.7 Å². The molecule has 0 aliphatic rings. The third kappa shape index (κ3) is 7.90. The van der Waals surface area contributed by atoms with Gasteiger partial charge in [0.15, 0.2) is 0 Å². The predicted molar refractivity (Wildman–Crippen MR) is 150 cm³/mol. The minimum Gasteiger partial charge on any atom is -0.462 e. The highest BCUT2D eigenvalue weighted by atomic mass is 16.5. The summed E-state index contributed by atoms with van der Waals surface area (Å²) < 4.78 is 11.9. The molecule has 0 aliphatic carbocycles. The van der Waals surface area contributed by atoms with Crippen LogP contribution in [0.25, 0.3) is 5.69 Å². The van der Waals surface area contributed by atoms with E-state index in [2.05, 4.69) is 31.4 Å². The average Bonchev–Trinajstić information content (AvgIpc) is 3.31. The molecule has 0 saturated heterocycles. The zero-order valence-electron chi connectivity index (χ0n) is 23.4. The van der Waals surface area contributed by atoms with Gasteiger partial charge in [0.1, 0.15) is 12.4 Å². The fourth-order valence-corrected chi connectivity index (χ4v) is 3.74. The van der Waals surface area contributed by atoms with Gasteiger partial charge in [0.05, 0.1) is 30.2 Å². The lowest BCUT2D eigenvalue weighted by Gasteiger charge is -2.22. The van der Waals surface area contributed by atoms with E-state index in [9.17, 15) is 14.4 Å². The van der Waals surface area contributed by atoms with Crippen molar-refractivity contribution in [1.82, 2.24) is 14.7 Å². The Morgan fingerprint density at radius 1 is 1.03 bits per heavy atom. The molecule has 3 amide bonds. The number of carbonyl (C=O) groups is 3. The fourth-order valence-electron chi connectivity index (χ4n) is 3.74. The standard InChI is InChI=1S/C29H37N5O5/c1-7-39-27(36)21-12-14-22(15-13-21)30-28(37)33(16-17-38-6)19-26(35)31-25-18-24(29(3,4)5)32-34(25)23-11-9-8-10-20(23)2/h8-15,18H,7,16-17,19H2,1-6H3,(H,30,37)(H,31,35). The van der Waals surface area contributed by atoms with Crippen molar-refractivity contribution >= 4 is 29.4 Å². The van der Waals surface area contributed by atoms with Crippen LogP contribution in [0.4, 0.5) is 16.3 Å². The second-order valence-corrected chi connectivity index (χ2v) is 10.1. The largest absolute Gasteiger partial charge is 0.462 e. The molecule has 0 bridgehead atoms. The Bertz CT molecular complexity index is 1290. The predicted octanol–water partition coefficient (Wildman–Crippen LogP) is 4.77. The maximum Gasteiger partial charge on any atom is 0.338 e. The lowest BCUT2D eigenvalue weighted by atomic mass is 9.92. The number of amides is 3. The number of hydrogen-bond acceptors (Lipinski definition) is 6. The summed E-state index contributed by atoms with van der Waals surface area (Å²) in [6.07, 6.45) is 0. The van der Waals surface area contributed by atoms with Crippen molar-refractivity contribution in [3.05, 3.63) is 71.4 Å². The van der Waals surface area contributed by atoms with E-state index in [-0.39, 0.29) is 37.6 Å². The molecular weight excluding hydrogens is 498 g/mol. The normalized spacial score (nSPS) is 11.1. The third-order valence-electron chi connectivity index (χ3n) is 5.92. The number of rotatable bonds is 10. The van der Waals surface area contributed by atoms with E-state index in [1.54, 1.807) is 35.9 Å². The second kappa shape index (κ2) is 13.1. The molecule has 0 unspecified atom stereocenters. The molecule has 2 N–H and O–H groups in total. The van der Waals surface area contributed by atoms with E-state index >= 15 is 0 Å². The second-order valence-electron chi connectivity index (χ2n) is 10.1. The molecule has 1 heterocycles. The van der Waals surface area contributed by atoms with Crippen molar-refractivity contribution in [1.29, 1.82) is 0 Å². The van der Waals surface area contributed by atoms with Crippen LogP contribution in [0.15, 0.2) is 54.6 Å². The maximum atomic E-state index is 13.2. The molecule has 10 nitrogen and oxygen atoms in total. The number of urea groups is 1. The molecule has 10 heteroatoms. The van der Waals surface area contributed by atoms with Gasteiger partial charge in [-0.2, -0.15) is 5.10 Å². The van der Waals surface area contributed by atoms with Crippen LogP contribution in [0, 0.1) is 6.92 Å². The molecule has 3 rings (SSSR count). The maximum absolute atomic E-state index is 13.2. The van der Waals surface area contributed by atoms with Crippen LogP contribution in [0.3, 0.4) is 0 Å². The van der Waals surface area contributed by atoms with E-state index in [1.165, 1.54) is 12.0 Å². The van der Waals surface area contributed by atoms with E-state index < -0.39 is 12.0 Å². The molecule has 0 spiro atoms. The van der Waals surface area contributed by atoms with Crippen molar-refractivity contribution in [3.63, 3.8) is 0 Å². The van der Waals surface area contributed by atoms with Crippen molar-refractivity contribution in [3.8, 4) is 5.69 Å². The number of aromatic nitrogens is 2. The van der Waals surface area contributed by atoms with Gasteiger partial charge in [-0.3, -0.25) is 4.79 Å². The van der Waals surface area contributed by atoms with Crippen molar-refractivity contribution in [2.75, 3.05) is 44.0 Å². The number of ether oxygens (including phenoxy) is 2. The summed E-state index contributed by atoms with van der Waals surface area (Å²) in [5, 5.41) is 10.5. The molecule has 39 heavy (non-hydrogen) atoms. The van der Waals surface area contributed by atoms with Gasteiger partial charge in [-0.05, 0) is 49.7 Å². The van der Waals surface area contributed by atoms with Crippen LogP contribution in [-0.4, -0.2) is 66.0 Å². The summed E-state index contributed by atoms with van der Waals surface area (Å²) in [4.78, 5) is 39.5. The highest BCUT2D eigenvalue weighted by Gasteiger charge is 2.23. The monoisotopic (exact) mass is 535 g/mol. The minimum absolute atomic E-state index is 0.195. The molecule has 0 aliphatic heterocycles. The summed E-state index contributed by atoms with van der Waals surface area (Å²) in [6.45, 7) is 10.4. The summed E-state index contributed by atoms with van der Waals surface area (Å²) in [7, 11) is 1.53. The van der Waals surface area contributed by atoms with E-state index in [0.29, 0.717) is 17.1 Å². The first-order valence-electron chi connectivity index (χ1n) is 12.8. The lowest BCUT2D eigenvalue weighted by molar-refractivity contribution is -0.116. The van der Waals surface area contributed by atoms with Crippen LogP contribution >= 0.6 is 0 Å². The number of carbonyl (C=O) groups excluding carboxylic acids is 3. The van der Waals surface area contributed by atoms with Gasteiger partial charge in [0.2, 0.25) is 5.91 Å². The van der Waals surface area contributed by atoms with Gasteiger partial charge in [0.25, 0.3) is 0 Å². The van der Waals surface area contributed by atoms with Crippen LogP contribution in [0.5, 0.6) is 0 Å². The van der Waals surface area contributed by atoms with Crippen LogP contribution in [0.2, 0.25) is 0 Å². The zero-order chi connectivity index (χ0) is 28.6. The molecule has 208 valence electrons. The molecule has 2 aromatic carbocycles. The number of aryl methyl sites for hydroxylation is 1. The smallest absolute Gasteiger partial charge is 0.338 e. The number of anilines is 2. The lowest BCUT2D eigenvalue weighted by Crippen LogP contribution is -2.42. The van der Waals surface area contributed by atoms with Gasteiger partial charge < -0.3 is 25.0 Å². The number of benzene rings is 2. The minimum atomic E-state index is -0.478. The highest BCUT2D eigenvalue weighted by Crippen LogP contribution is 2.27. The Labute approximate surface area is 229 Å². The number of nitrogens with zero attached hydrogens (tertiary/aromatic N) is 3. The Morgan fingerprint density at radius 2 is 1.72 bits per heavy atom. The summed E-state index contributed by atoms with van der Waals surface area (Å²) in [5.74, 6) is -0.302. The molecular formula is C29H37N5O5. The molecule has 1 aromatic heterocycles. The molecule has 0 saturated carbocycles. The average molecular weight is 536 g/mol. The summed E-state index contributed by atoms with van der Waals surface area (Å²) in [5.41, 5.74) is 3.30.